The van der Waals surface area contributed by atoms with Crippen LogP contribution in [0.2, 0.25) is 0 Å². The lowest BCUT2D eigenvalue weighted by molar-refractivity contribution is -0.179. The van der Waals surface area contributed by atoms with Gasteiger partial charge < -0.3 is 14.2 Å². The monoisotopic (exact) mass is 974 g/mol. The van der Waals surface area contributed by atoms with Crippen molar-refractivity contribution >= 4 is 0 Å². The third kappa shape index (κ3) is 12.5. The Hall–Kier alpha value is -5.80. The first-order chi connectivity index (χ1) is 32.6. The van der Waals surface area contributed by atoms with Crippen LogP contribution in [0.5, 0.6) is 11.5 Å². The van der Waals surface area contributed by atoms with Crippen LogP contribution in [0.1, 0.15) is 79.6 Å². The second-order valence-corrected chi connectivity index (χ2v) is 17.2. The summed E-state index contributed by atoms with van der Waals surface area (Å²) in [6.07, 6.45) is -13.7. The van der Waals surface area contributed by atoms with E-state index in [4.69, 9.17) is 14.2 Å². The van der Waals surface area contributed by atoms with E-state index in [9.17, 15) is 26.3 Å². The van der Waals surface area contributed by atoms with Crippen LogP contribution in [0, 0.1) is 37.3 Å². The number of aryl methyl sites for hydroxylation is 2. The van der Waals surface area contributed by atoms with E-state index in [2.05, 4.69) is 0 Å². The predicted octanol–water partition coefficient (Wildman–Crippen LogP) is 15.4. The second kappa shape index (κ2) is 21.9. The van der Waals surface area contributed by atoms with Crippen molar-refractivity contribution in [1.29, 1.82) is 0 Å². The summed E-state index contributed by atoms with van der Waals surface area (Å²) in [6, 6.07) is 26.6. The molecule has 6 aromatic carbocycles. The molecule has 6 aromatic rings. The van der Waals surface area contributed by atoms with Gasteiger partial charge >= 0.3 is 24.2 Å². The lowest BCUT2D eigenvalue weighted by Gasteiger charge is -2.28. The molecular formula is C54H50F12O3. The molecule has 0 aromatic heterocycles. The molecule has 0 N–H and O–H groups in total. The Bertz CT molecular complexity index is 2470. The first kappa shape index (κ1) is 52.6. The Morgan fingerprint density at radius 3 is 1.12 bits per heavy atom. The van der Waals surface area contributed by atoms with E-state index in [0.717, 1.165) is 49.6 Å². The van der Waals surface area contributed by atoms with E-state index in [0.29, 0.717) is 23.3 Å². The zero-order valence-electron chi connectivity index (χ0n) is 38.1. The first-order valence-electron chi connectivity index (χ1n) is 22.0. The van der Waals surface area contributed by atoms with Crippen molar-refractivity contribution in [1.82, 2.24) is 0 Å². The number of hydrogen-bond donors (Lipinski definition) is 0. The molecule has 0 aliphatic rings. The van der Waals surface area contributed by atoms with Crippen molar-refractivity contribution in [3.63, 3.8) is 0 Å². The summed E-state index contributed by atoms with van der Waals surface area (Å²) >= 11 is 0. The normalized spacial score (nSPS) is 13.4. The Kier molecular flexibility index (Phi) is 16.7. The Balaban J connectivity index is 1.58. The summed E-state index contributed by atoms with van der Waals surface area (Å²) in [5, 5.41) is 0. The highest BCUT2D eigenvalue weighted by Crippen LogP contribution is 2.50. The molecule has 0 aliphatic heterocycles. The molecule has 0 radical (unpaired) electrons. The number of hydrogen-bond acceptors (Lipinski definition) is 3. The number of rotatable bonds is 20. The minimum absolute atomic E-state index is 0.0316. The fraction of sp³-hybridized carbons (Fsp3) is 0.333. The molecule has 368 valence electrons. The minimum Gasteiger partial charge on any atom is -0.456 e. The van der Waals surface area contributed by atoms with E-state index in [1.807, 2.05) is 13.8 Å². The van der Waals surface area contributed by atoms with E-state index < -0.39 is 131 Å². The lowest BCUT2D eigenvalue weighted by Crippen LogP contribution is -2.28. The third-order valence-corrected chi connectivity index (χ3v) is 12.2. The molecular weight excluding hydrogens is 925 g/mol. The summed E-state index contributed by atoms with van der Waals surface area (Å²) in [4.78, 5) is 0. The summed E-state index contributed by atoms with van der Waals surface area (Å²) < 4.78 is 206. The SMILES string of the molecule is COCCC(Cc1ccc(Oc2ccc(CC(CCOC)C(F)(F)F)c(F)c2C(F)(F)c2ccccc2Cc2ccc(C)cc2)c(C(F)(F)c2ccccc2Cc2ccc(C)cc2)c1F)C(F)(F)F. The molecule has 0 aliphatic carbocycles. The van der Waals surface area contributed by atoms with E-state index in [1.165, 1.54) is 36.4 Å². The van der Waals surface area contributed by atoms with Gasteiger partial charge in [-0.3, -0.25) is 0 Å². The van der Waals surface area contributed by atoms with Crippen LogP contribution in [0.15, 0.2) is 121 Å². The summed E-state index contributed by atoms with van der Waals surface area (Å²) in [6.45, 7) is 2.81. The van der Waals surface area contributed by atoms with Gasteiger partial charge in [0.15, 0.2) is 0 Å². The van der Waals surface area contributed by atoms with Crippen LogP contribution >= 0.6 is 0 Å². The molecule has 15 heteroatoms. The molecule has 0 heterocycles. The predicted molar refractivity (Wildman–Crippen MR) is 239 cm³/mol. The highest BCUT2D eigenvalue weighted by atomic mass is 19.4. The molecule has 3 nitrogen and oxygen atoms in total. The standard InChI is InChI=1S/C54H50F12O3/c1-33-13-17-35(18-14-33)29-37-9-5-7-11-43(37)51(57,58)47-45(23-21-39(49(47)55)31-41(25-27-67-3)53(61,62)63)69-46-24-22-40(32-42(26-28-68-4)54(64,65)66)50(56)48(46)52(59,60)44-12-8-6-10-38(44)30-36-19-15-34(2)16-20-36/h5-24,41-42H,25-32H2,1-4H3. The maximum absolute atomic E-state index is 17.6. The zero-order valence-corrected chi connectivity index (χ0v) is 38.1. The van der Waals surface area contributed by atoms with Gasteiger partial charge in [-0.1, -0.05) is 120 Å². The van der Waals surface area contributed by atoms with E-state index >= 15 is 26.3 Å². The fourth-order valence-corrected chi connectivity index (χ4v) is 8.29. The number of halogens is 12. The number of methoxy groups -OCH3 is 2. The molecule has 0 saturated carbocycles. The van der Waals surface area contributed by atoms with Crippen LogP contribution in [0.3, 0.4) is 0 Å². The molecule has 0 fully saturated rings. The second-order valence-electron chi connectivity index (χ2n) is 17.2. The van der Waals surface area contributed by atoms with Crippen LogP contribution in [-0.2, 0) is 47.0 Å². The van der Waals surface area contributed by atoms with Crippen LogP contribution in [0.4, 0.5) is 52.7 Å². The van der Waals surface area contributed by atoms with Gasteiger partial charge in [0.1, 0.15) is 34.3 Å². The largest absolute Gasteiger partial charge is 0.456 e. The maximum Gasteiger partial charge on any atom is 0.392 e. The lowest BCUT2D eigenvalue weighted by atomic mass is 9.88. The van der Waals surface area contributed by atoms with Gasteiger partial charge in [0.2, 0.25) is 0 Å². The Morgan fingerprint density at radius 2 is 0.783 bits per heavy atom. The molecule has 69 heavy (non-hydrogen) atoms. The van der Waals surface area contributed by atoms with Crippen molar-refractivity contribution in [2.75, 3.05) is 27.4 Å². The molecule has 6 rings (SSSR count). The topological polar surface area (TPSA) is 27.7 Å². The van der Waals surface area contributed by atoms with Crippen molar-refractivity contribution in [2.24, 2.45) is 11.8 Å². The number of benzene rings is 6. The van der Waals surface area contributed by atoms with Gasteiger partial charge in [0, 0.05) is 38.6 Å². The minimum atomic E-state index is -4.94. The highest BCUT2D eigenvalue weighted by molar-refractivity contribution is 5.55. The van der Waals surface area contributed by atoms with Gasteiger partial charge in [-0.05, 0) is 97.9 Å². The molecule has 0 bridgehead atoms. The molecule has 0 amide bonds. The van der Waals surface area contributed by atoms with E-state index in [-0.39, 0.29) is 24.0 Å². The van der Waals surface area contributed by atoms with Gasteiger partial charge in [-0.15, -0.1) is 0 Å². The average molecular weight is 975 g/mol. The van der Waals surface area contributed by atoms with Crippen LogP contribution in [0.25, 0.3) is 0 Å². The van der Waals surface area contributed by atoms with Crippen molar-refractivity contribution in [2.45, 2.75) is 76.6 Å². The Morgan fingerprint density at radius 1 is 0.435 bits per heavy atom. The first-order valence-corrected chi connectivity index (χ1v) is 22.0. The molecule has 2 atom stereocenters. The van der Waals surface area contributed by atoms with Gasteiger partial charge in [-0.2, -0.15) is 43.9 Å². The third-order valence-electron chi connectivity index (χ3n) is 12.2. The smallest absolute Gasteiger partial charge is 0.392 e. The van der Waals surface area contributed by atoms with Gasteiger partial charge in [0.25, 0.3) is 0 Å². The summed E-state index contributed by atoms with van der Waals surface area (Å²) in [5.41, 5.74) is -3.70. The average Bonchev–Trinajstić information content (AvgIpc) is 3.28. The molecule has 0 spiro atoms. The summed E-state index contributed by atoms with van der Waals surface area (Å²) in [5.74, 6) is -19.5. The highest BCUT2D eigenvalue weighted by Gasteiger charge is 2.47. The van der Waals surface area contributed by atoms with Crippen molar-refractivity contribution < 1.29 is 66.9 Å². The molecule has 0 saturated heterocycles. The van der Waals surface area contributed by atoms with E-state index in [1.54, 1.807) is 48.5 Å². The molecule has 2 unspecified atom stereocenters. The quantitative estimate of drug-likeness (QED) is 0.0714. The Labute approximate surface area is 393 Å². The van der Waals surface area contributed by atoms with Crippen molar-refractivity contribution in [3.05, 3.63) is 200 Å². The fourth-order valence-electron chi connectivity index (χ4n) is 8.29. The maximum atomic E-state index is 17.6. The van der Waals surface area contributed by atoms with Gasteiger partial charge in [-0.25, -0.2) is 8.78 Å². The number of alkyl halides is 10. The van der Waals surface area contributed by atoms with Crippen LogP contribution in [-0.4, -0.2) is 39.8 Å². The zero-order chi connectivity index (χ0) is 50.3. The number of ether oxygens (including phenoxy) is 3. The van der Waals surface area contributed by atoms with Gasteiger partial charge in [0.05, 0.1) is 11.8 Å². The van der Waals surface area contributed by atoms with Crippen molar-refractivity contribution in [3.8, 4) is 11.5 Å². The summed E-state index contributed by atoms with van der Waals surface area (Å²) in [7, 11) is 2.30. The van der Waals surface area contributed by atoms with Crippen LogP contribution < -0.4 is 4.74 Å².